The Hall–Kier alpha value is 0.230. The number of carboxylic acid groups (broad SMARTS) is 2. The monoisotopic (exact) mass is 222 g/mol. The van der Waals surface area contributed by atoms with Crippen molar-refractivity contribution in [1.82, 2.24) is 0 Å². The summed E-state index contributed by atoms with van der Waals surface area (Å²) in [5.74, 6) is 0. The fourth-order valence-electron chi connectivity index (χ4n) is 0. The molecule has 0 heterocycles. The first-order valence-corrected chi connectivity index (χ1v) is 0.651. The first-order chi connectivity index (χ1) is 1.73. The number of hydrogen-bond acceptors (Lipinski definition) is 1. The van der Waals surface area contributed by atoms with E-state index < -0.39 is 6.16 Å². The predicted molar refractivity (Wildman–Crippen MR) is 31.3 cm³/mol. The van der Waals surface area contributed by atoms with Gasteiger partial charge in [0.25, 0.3) is 0 Å². The number of halogens is 2. The highest BCUT2D eigenvalue weighted by molar-refractivity contribution is 8.93. The summed E-state index contributed by atoms with van der Waals surface area (Å²) in [5.41, 5.74) is 0. The van der Waals surface area contributed by atoms with Gasteiger partial charge in [0.2, 0.25) is 0 Å². The zero-order valence-electron chi connectivity index (χ0n) is 2.62. The van der Waals surface area contributed by atoms with Gasteiger partial charge in [0.15, 0.2) is 0 Å². The molecule has 0 saturated carbocycles. The highest BCUT2D eigenvalue weighted by atomic mass is 79.9. The first-order valence-electron chi connectivity index (χ1n) is 0.651. The molecule has 3 nitrogen and oxygen atoms in total. The van der Waals surface area contributed by atoms with Crippen LogP contribution >= 0.6 is 34.0 Å². The Morgan fingerprint density at radius 3 is 1.17 bits per heavy atom. The molecule has 0 spiro atoms. The molecule has 0 aromatic heterocycles. The van der Waals surface area contributed by atoms with Crippen molar-refractivity contribution in [2.75, 3.05) is 0 Å². The van der Waals surface area contributed by atoms with E-state index in [1.54, 1.807) is 0 Å². The third-order valence-corrected chi connectivity index (χ3v) is 0. The summed E-state index contributed by atoms with van der Waals surface area (Å²) in [4.78, 5) is 8.56. The lowest BCUT2D eigenvalue weighted by Gasteiger charge is -1.60. The average Bonchev–Trinajstić information content (AvgIpc) is 0.811. The van der Waals surface area contributed by atoms with E-state index in [1.807, 2.05) is 0 Å². The third kappa shape index (κ3) is 834. The fourth-order valence-corrected chi connectivity index (χ4v) is 0. The fraction of sp³-hybridized carbons (Fsp3) is 0. The number of rotatable bonds is 0. The molecule has 0 atom stereocenters. The predicted octanol–water partition coefficient (Wildman–Crippen LogP) is 1.38. The molecular formula is CH4Br2O3. The number of carbonyl (C=O) groups is 1. The van der Waals surface area contributed by atoms with Gasteiger partial charge < -0.3 is 10.2 Å². The lowest BCUT2D eigenvalue weighted by molar-refractivity contribution is 0.137. The van der Waals surface area contributed by atoms with Crippen LogP contribution in [-0.2, 0) is 0 Å². The molecule has 0 aliphatic heterocycles. The molecule has 5 heteroatoms. The van der Waals surface area contributed by atoms with E-state index in [4.69, 9.17) is 15.0 Å². The smallest absolute Gasteiger partial charge is 0.450 e. The lowest BCUT2D eigenvalue weighted by Crippen LogP contribution is -1.81. The normalized spacial score (nSPS) is 4.00. The Morgan fingerprint density at radius 2 is 1.17 bits per heavy atom. The van der Waals surface area contributed by atoms with Crippen molar-refractivity contribution < 1.29 is 15.0 Å². The highest BCUT2D eigenvalue weighted by Gasteiger charge is 1.70. The Balaban J connectivity index is -0.0000000450. The van der Waals surface area contributed by atoms with Crippen LogP contribution in [0.4, 0.5) is 4.79 Å². The Labute approximate surface area is 55.5 Å². The summed E-state index contributed by atoms with van der Waals surface area (Å²) >= 11 is 0. The second-order valence-corrected chi connectivity index (χ2v) is 0.283. The van der Waals surface area contributed by atoms with Crippen LogP contribution in [0.2, 0.25) is 0 Å². The first kappa shape index (κ1) is 16.3. The van der Waals surface area contributed by atoms with Gasteiger partial charge in [-0.15, -0.1) is 34.0 Å². The highest BCUT2D eigenvalue weighted by Crippen LogP contribution is 1.42. The molecule has 0 aliphatic rings. The molecule has 0 bridgehead atoms. The summed E-state index contributed by atoms with van der Waals surface area (Å²) in [6, 6.07) is 0. The lowest BCUT2D eigenvalue weighted by atomic mass is 11.5. The zero-order valence-corrected chi connectivity index (χ0v) is 6.05. The second-order valence-electron chi connectivity index (χ2n) is 0.283. The maximum Gasteiger partial charge on any atom is 0.503 e. The molecule has 0 fully saturated rings. The molecule has 2 N–H and O–H groups in total. The summed E-state index contributed by atoms with van der Waals surface area (Å²) in [5, 5.41) is 13.9. The van der Waals surface area contributed by atoms with Gasteiger partial charge in [0, 0.05) is 0 Å². The van der Waals surface area contributed by atoms with Gasteiger partial charge in [0.1, 0.15) is 0 Å². The SMILES string of the molecule is Br.Br.O=C(O)O. The van der Waals surface area contributed by atoms with Gasteiger partial charge >= 0.3 is 6.16 Å². The second kappa shape index (κ2) is 8.97. The molecule has 40 valence electrons. The molecule has 0 aromatic rings. The van der Waals surface area contributed by atoms with Crippen LogP contribution < -0.4 is 0 Å². The van der Waals surface area contributed by atoms with Crippen LogP contribution in [0.3, 0.4) is 0 Å². The van der Waals surface area contributed by atoms with Gasteiger partial charge in [0.05, 0.1) is 0 Å². The van der Waals surface area contributed by atoms with Crippen molar-refractivity contribution in [3.05, 3.63) is 0 Å². The van der Waals surface area contributed by atoms with Crippen molar-refractivity contribution in [3.8, 4) is 0 Å². The minimum atomic E-state index is -1.83. The van der Waals surface area contributed by atoms with E-state index in [-0.39, 0.29) is 34.0 Å². The molecule has 0 aliphatic carbocycles. The molecular weight excluding hydrogens is 220 g/mol. The molecule has 0 unspecified atom stereocenters. The zero-order chi connectivity index (χ0) is 3.58. The Morgan fingerprint density at radius 1 is 1.17 bits per heavy atom. The van der Waals surface area contributed by atoms with Crippen molar-refractivity contribution in [1.29, 1.82) is 0 Å². The van der Waals surface area contributed by atoms with Crippen molar-refractivity contribution in [2.24, 2.45) is 0 Å². The summed E-state index contributed by atoms with van der Waals surface area (Å²) in [6.07, 6.45) is -1.83. The average molecular weight is 224 g/mol. The van der Waals surface area contributed by atoms with Gasteiger partial charge in [-0.2, -0.15) is 0 Å². The Bertz CT molecular complexity index is 31.8. The van der Waals surface area contributed by atoms with E-state index in [9.17, 15) is 0 Å². The molecule has 0 rings (SSSR count). The van der Waals surface area contributed by atoms with Crippen LogP contribution in [0.25, 0.3) is 0 Å². The molecule has 0 amide bonds. The van der Waals surface area contributed by atoms with Crippen molar-refractivity contribution in [3.63, 3.8) is 0 Å². The van der Waals surface area contributed by atoms with Crippen LogP contribution in [-0.4, -0.2) is 16.4 Å². The maximum atomic E-state index is 8.56. The van der Waals surface area contributed by atoms with E-state index in [0.717, 1.165) is 0 Å². The van der Waals surface area contributed by atoms with Crippen LogP contribution in [0.5, 0.6) is 0 Å². The van der Waals surface area contributed by atoms with E-state index in [2.05, 4.69) is 0 Å². The van der Waals surface area contributed by atoms with E-state index in [1.165, 1.54) is 0 Å². The quantitative estimate of drug-likeness (QED) is 0.653. The Kier molecular flexibility index (Phi) is 24.4. The molecule has 0 aromatic carbocycles. The topological polar surface area (TPSA) is 57.5 Å². The summed E-state index contributed by atoms with van der Waals surface area (Å²) in [6.45, 7) is 0. The van der Waals surface area contributed by atoms with Crippen molar-refractivity contribution >= 4 is 40.1 Å². The van der Waals surface area contributed by atoms with E-state index >= 15 is 0 Å². The molecule has 6 heavy (non-hydrogen) atoms. The van der Waals surface area contributed by atoms with Crippen LogP contribution in [0.15, 0.2) is 0 Å². The summed E-state index contributed by atoms with van der Waals surface area (Å²) in [7, 11) is 0. The minimum absolute atomic E-state index is 0. The maximum absolute atomic E-state index is 8.56. The molecule has 0 radical (unpaired) electrons. The summed E-state index contributed by atoms with van der Waals surface area (Å²) < 4.78 is 0. The molecule has 0 saturated heterocycles. The minimum Gasteiger partial charge on any atom is -0.450 e. The largest absolute Gasteiger partial charge is 0.503 e. The van der Waals surface area contributed by atoms with Gasteiger partial charge in [-0.1, -0.05) is 0 Å². The van der Waals surface area contributed by atoms with E-state index in [0.29, 0.717) is 0 Å². The van der Waals surface area contributed by atoms with Gasteiger partial charge in [-0.05, 0) is 0 Å². The third-order valence-electron chi connectivity index (χ3n) is 0. The standard InChI is InChI=1S/CH2O3.2BrH/c2-1(3)4;;/h(H2,2,3,4);2*1H. The van der Waals surface area contributed by atoms with Crippen LogP contribution in [0, 0.1) is 0 Å². The number of hydrogen-bond donors (Lipinski definition) is 2. The van der Waals surface area contributed by atoms with Gasteiger partial charge in [-0.25, -0.2) is 4.79 Å². The van der Waals surface area contributed by atoms with Crippen molar-refractivity contribution in [2.45, 2.75) is 0 Å². The van der Waals surface area contributed by atoms with Crippen LogP contribution in [0.1, 0.15) is 0 Å². The van der Waals surface area contributed by atoms with Gasteiger partial charge in [-0.3, -0.25) is 0 Å².